The Balaban J connectivity index is 2.47. The third-order valence-electron chi connectivity index (χ3n) is 4.92. The summed E-state index contributed by atoms with van der Waals surface area (Å²) in [6.07, 6.45) is 1.18. The van der Waals surface area contributed by atoms with Crippen LogP contribution >= 0.6 is 11.6 Å². The van der Waals surface area contributed by atoms with E-state index in [1.54, 1.807) is 45.0 Å². The molecule has 0 aromatic heterocycles. The van der Waals surface area contributed by atoms with E-state index in [0.29, 0.717) is 14.9 Å². The molecular weight excluding hydrogens is 469 g/mol. The average Bonchev–Trinajstić information content (AvgIpc) is 2.72. The summed E-state index contributed by atoms with van der Waals surface area (Å²) in [6, 6.07) is 11.1. The van der Waals surface area contributed by atoms with Crippen molar-refractivity contribution in [1.82, 2.24) is 10.2 Å². The standard InChI is InChI=1S/C23H29ClFN3O4S/c1-5-20(23(30)26-16(2)3)27(14-17-10-6-7-11-18(17)24)22(29)15-28(33(4,31)32)21-13-9-8-12-19(21)25/h6-13,16,20H,5,14-15H2,1-4H3,(H,26,30)/t20-/m1/s1. The molecule has 0 heterocycles. The van der Waals surface area contributed by atoms with Gasteiger partial charge in [-0.3, -0.25) is 13.9 Å². The Morgan fingerprint density at radius 1 is 1.09 bits per heavy atom. The minimum absolute atomic E-state index is 0.0165. The third kappa shape index (κ3) is 7.17. The summed E-state index contributed by atoms with van der Waals surface area (Å²) in [6.45, 7) is 4.67. The van der Waals surface area contributed by atoms with E-state index in [2.05, 4.69) is 5.32 Å². The number of sulfonamides is 1. The molecule has 33 heavy (non-hydrogen) atoms. The molecule has 0 bridgehead atoms. The van der Waals surface area contributed by atoms with Gasteiger partial charge in [-0.25, -0.2) is 12.8 Å². The Morgan fingerprint density at radius 3 is 2.24 bits per heavy atom. The average molecular weight is 498 g/mol. The molecule has 2 aromatic rings. The summed E-state index contributed by atoms with van der Waals surface area (Å²) in [5.74, 6) is -1.81. The summed E-state index contributed by atoms with van der Waals surface area (Å²) in [5.41, 5.74) is 0.353. The maximum Gasteiger partial charge on any atom is 0.244 e. The number of anilines is 1. The molecule has 0 saturated carbocycles. The van der Waals surface area contributed by atoms with Crippen molar-refractivity contribution in [2.75, 3.05) is 17.1 Å². The smallest absolute Gasteiger partial charge is 0.244 e. The van der Waals surface area contributed by atoms with E-state index in [-0.39, 0.29) is 30.6 Å². The van der Waals surface area contributed by atoms with Crippen LogP contribution < -0.4 is 9.62 Å². The number of benzene rings is 2. The van der Waals surface area contributed by atoms with Crippen molar-refractivity contribution in [3.05, 3.63) is 64.9 Å². The van der Waals surface area contributed by atoms with Crippen molar-refractivity contribution < 1.29 is 22.4 Å². The van der Waals surface area contributed by atoms with Gasteiger partial charge >= 0.3 is 0 Å². The lowest BCUT2D eigenvalue weighted by Crippen LogP contribution is -2.53. The lowest BCUT2D eigenvalue weighted by Gasteiger charge is -2.33. The molecule has 0 aliphatic rings. The third-order valence-corrected chi connectivity index (χ3v) is 6.41. The van der Waals surface area contributed by atoms with Gasteiger partial charge < -0.3 is 10.2 Å². The van der Waals surface area contributed by atoms with Crippen molar-refractivity contribution in [2.24, 2.45) is 0 Å². The van der Waals surface area contributed by atoms with Crippen molar-refractivity contribution >= 4 is 39.1 Å². The molecule has 2 aromatic carbocycles. The van der Waals surface area contributed by atoms with Crippen LogP contribution in [0.1, 0.15) is 32.8 Å². The first kappa shape index (κ1) is 26.6. The molecule has 2 amide bonds. The van der Waals surface area contributed by atoms with Gasteiger partial charge in [0.15, 0.2) is 0 Å². The van der Waals surface area contributed by atoms with E-state index in [4.69, 9.17) is 11.6 Å². The van der Waals surface area contributed by atoms with Crippen LogP contribution in [-0.2, 0) is 26.2 Å². The second-order valence-electron chi connectivity index (χ2n) is 7.92. The highest BCUT2D eigenvalue weighted by Crippen LogP contribution is 2.24. The Hall–Kier alpha value is -2.65. The van der Waals surface area contributed by atoms with Gasteiger partial charge in [0, 0.05) is 17.6 Å². The second kappa shape index (κ2) is 11.5. The van der Waals surface area contributed by atoms with E-state index < -0.39 is 34.3 Å². The van der Waals surface area contributed by atoms with Crippen molar-refractivity contribution in [1.29, 1.82) is 0 Å². The first-order chi connectivity index (χ1) is 15.5. The highest BCUT2D eigenvalue weighted by Gasteiger charge is 2.32. The number of carbonyl (C=O) groups excluding carboxylic acids is 2. The van der Waals surface area contributed by atoms with Crippen molar-refractivity contribution in [2.45, 2.75) is 45.8 Å². The fraction of sp³-hybridized carbons (Fsp3) is 0.391. The van der Waals surface area contributed by atoms with Crippen LogP contribution in [0.15, 0.2) is 48.5 Å². The topological polar surface area (TPSA) is 86.8 Å². The molecule has 0 fully saturated rings. The first-order valence-corrected chi connectivity index (χ1v) is 12.7. The zero-order chi connectivity index (χ0) is 24.8. The van der Waals surface area contributed by atoms with E-state index in [9.17, 15) is 22.4 Å². The summed E-state index contributed by atoms with van der Waals surface area (Å²) in [7, 11) is -4.00. The van der Waals surface area contributed by atoms with Gasteiger partial charge in [-0.2, -0.15) is 0 Å². The zero-order valence-corrected chi connectivity index (χ0v) is 20.7. The van der Waals surface area contributed by atoms with Gasteiger partial charge in [-0.1, -0.05) is 48.9 Å². The molecule has 0 aliphatic heterocycles. The van der Waals surface area contributed by atoms with E-state index in [0.717, 1.165) is 12.3 Å². The fourth-order valence-corrected chi connectivity index (χ4v) is 4.40. The Morgan fingerprint density at radius 2 is 1.70 bits per heavy atom. The highest BCUT2D eigenvalue weighted by atomic mass is 35.5. The molecule has 180 valence electrons. The Bertz CT molecular complexity index is 1090. The Kier molecular flexibility index (Phi) is 9.25. The number of nitrogens with zero attached hydrogens (tertiary/aromatic N) is 2. The number of hydrogen-bond donors (Lipinski definition) is 1. The lowest BCUT2D eigenvalue weighted by molar-refractivity contribution is -0.140. The van der Waals surface area contributed by atoms with Crippen LogP contribution in [0.5, 0.6) is 0 Å². The van der Waals surface area contributed by atoms with Crippen LogP contribution in [0.4, 0.5) is 10.1 Å². The summed E-state index contributed by atoms with van der Waals surface area (Å²) in [4.78, 5) is 27.6. The quantitative estimate of drug-likeness (QED) is 0.543. The summed E-state index contributed by atoms with van der Waals surface area (Å²) < 4.78 is 40.0. The van der Waals surface area contributed by atoms with Crippen LogP contribution in [-0.4, -0.2) is 50.0 Å². The molecule has 0 radical (unpaired) electrons. The molecule has 0 saturated heterocycles. The van der Waals surface area contributed by atoms with E-state index >= 15 is 0 Å². The van der Waals surface area contributed by atoms with E-state index in [1.165, 1.54) is 23.1 Å². The predicted molar refractivity (Wildman–Crippen MR) is 128 cm³/mol. The molecule has 1 atom stereocenters. The van der Waals surface area contributed by atoms with Crippen molar-refractivity contribution in [3.8, 4) is 0 Å². The second-order valence-corrected chi connectivity index (χ2v) is 10.2. The fourth-order valence-electron chi connectivity index (χ4n) is 3.36. The number of hydrogen-bond acceptors (Lipinski definition) is 4. The van der Waals surface area contributed by atoms with E-state index in [1.807, 2.05) is 0 Å². The molecular formula is C23H29ClFN3O4S. The van der Waals surface area contributed by atoms with Crippen LogP contribution in [0.2, 0.25) is 5.02 Å². The van der Waals surface area contributed by atoms with Crippen LogP contribution in [0, 0.1) is 5.82 Å². The highest BCUT2D eigenvalue weighted by molar-refractivity contribution is 7.92. The number of halogens is 2. The van der Waals surface area contributed by atoms with Gasteiger partial charge in [0.25, 0.3) is 0 Å². The summed E-state index contributed by atoms with van der Waals surface area (Å²) >= 11 is 6.29. The number of nitrogens with one attached hydrogen (secondary N) is 1. The molecule has 0 unspecified atom stereocenters. The molecule has 1 N–H and O–H groups in total. The van der Waals surface area contributed by atoms with Gasteiger partial charge in [0.05, 0.1) is 11.9 Å². The van der Waals surface area contributed by atoms with Gasteiger partial charge in [-0.05, 0) is 44.0 Å². The largest absolute Gasteiger partial charge is 0.352 e. The first-order valence-electron chi connectivity index (χ1n) is 10.5. The van der Waals surface area contributed by atoms with Gasteiger partial charge in [0.1, 0.15) is 18.4 Å². The summed E-state index contributed by atoms with van der Waals surface area (Å²) in [5, 5.41) is 3.20. The van der Waals surface area contributed by atoms with Crippen LogP contribution in [0.25, 0.3) is 0 Å². The number of para-hydroxylation sites is 1. The molecule has 0 spiro atoms. The van der Waals surface area contributed by atoms with Gasteiger partial charge in [0.2, 0.25) is 21.8 Å². The number of amides is 2. The van der Waals surface area contributed by atoms with Gasteiger partial charge in [-0.15, -0.1) is 0 Å². The Labute approximate surface area is 199 Å². The normalized spacial score (nSPS) is 12.3. The molecule has 0 aliphatic carbocycles. The molecule has 10 heteroatoms. The number of rotatable bonds is 10. The van der Waals surface area contributed by atoms with Crippen molar-refractivity contribution in [3.63, 3.8) is 0 Å². The minimum atomic E-state index is -4.00. The molecule has 2 rings (SSSR count). The van der Waals surface area contributed by atoms with Crippen LogP contribution in [0.3, 0.4) is 0 Å². The molecule has 7 nitrogen and oxygen atoms in total. The monoisotopic (exact) mass is 497 g/mol. The maximum atomic E-state index is 14.4. The maximum absolute atomic E-state index is 14.4. The predicted octanol–water partition coefficient (Wildman–Crippen LogP) is 3.58. The number of carbonyl (C=O) groups is 2. The zero-order valence-electron chi connectivity index (χ0n) is 19.1. The SMILES string of the molecule is CC[C@H](C(=O)NC(C)C)N(Cc1ccccc1Cl)C(=O)CN(c1ccccc1F)S(C)(=O)=O. The minimum Gasteiger partial charge on any atom is -0.352 e. The lowest BCUT2D eigenvalue weighted by atomic mass is 10.1.